The van der Waals surface area contributed by atoms with Crippen LogP contribution in [0.1, 0.15) is 94.6 Å². The number of amides is 2. The molecule has 2 unspecified atom stereocenters. The number of aliphatic hydroxyl groups is 1. The molecule has 6 N–H and O–H groups in total. The molecule has 5 aromatic rings. The summed E-state index contributed by atoms with van der Waals surface area (Å²) in [6, 6.07) is 22.8. The molecule has 7 heterocycles. The summed E-state index contributed by atoms with van der Waals surface area (Å²) in [4.78, 5) is 58.9. The summed E-state index contributed by atoms with van der Waals surface area (Å²) in [6.07, 6.45) is 6.78. The minimum absolute atomic E-state index is 0.0162. The van der Waals surface area contributed by atoms with Crippen molar-refractivity contribution in [1.29, 1.82) is 5.26 Å². The zero-order valence-corrected chi connectivity index (χ0v) is 45.3. The lowest BCUT2D eigenvalue weighted by atomic mass is 9.91. The van der Waals surface area contributed by atoms with E-state index in [-0.39, 0.29) is 73.0 Å². The molecule has 4 aliphatic heterocycles. The number of piperidine rings is 1. The number of hydrogen-bond acceptors (Lipinski definition) is 19. The standard InChI is InChI=1S/C55H68N11O12P/c1-33(2)52(55(69)65-31-40(67)23-47(65)54(68)59-34(3)36-10-8-35(28-56)9-11-36)49-27-51(62-78-49)73-21-20-63-18-15-41(16-19-63)76-42-24-43(25-42)77-50-22-37(14-17-58-50)66-38-12-13-39(66)30-64(29-38)46-26-45(60-61-53(46)57)44-6-4-5-7-48(44)74-32-75-79(70,71)72/h4-11,14,17,22,26-27,33-34,38-43,47,52,67H,12-13,15-16,18-21,23-25,29-32H2,1-3H3,(H2,57,61)(H,59,68)(H2,70,71,72)/t34-,38?,39?,40-,42?,43?,47+,52-/m1/s1. The molecule has 24 heteroatoms. The van der Waals surface area contributed by atoms with Gasteiger partial charge in [0.05, 0.1) is 47.4 Å². The highest BCUT2D eigenvalue weighted by Gasteiger charge is 2.45. The van der Waals surface area contributed by atoms with Crippen LogP contribution in [0.25, 0.3) is 11.3 Å². The van der Waals surface area contributed by atoms with Gasteiger partial charge in [-0.15, -0.1) is 10.2 Å². The number of piperazine rings is 1. The Balaban J connectivity index is 0.645. The van der Waals surface area contributed by atoms with Crippen LogP contribution in [0.4, 0.5) is 17.2 Å². The Kier molecular flexibility index (Phi) is 17.0. The van der Waals surface area contributed by atoms with E-state index in [0.717, 1.165) is 68.6 Å². The lowest BCUT2D eigenvalue weighted by molar-refractivity contribution is -0.141. The van der Waals surface area contributed by atoms with Crippen LogP contribution in [0.2, 0.25) is 0 Å². The van der Waals surface area contributed by atoms with Crippen molar-refractivity contribution in [2.45, 2.75) is 120 Å². The average molecular weight is 1110 g/mol. The van der Waals surface area contributed by atoms with E-state index in [4.69, 9.17) is 44.3 Å². The number of fused-ring (bicyclic) bond motifs is 2. The fourth-order valence-corrected chi connectivity index (χ4v) is 11.7. The van der Waals surface area contributed by atoms with E-state index < -0.39 is 32.7 Å². The predicted octanol–water partition coefficient (Wildman–Crippen LogP) is 5.33. The molecular weight excluding hydrogens is 1040 g/mol. The van der Waals surface area contributed by atoms with Gasteiger partial charge in [-0.25, -0.2) is 14.1 Å². The molecule has 5 aliphatic rings. The number of carbonyl (C=O) groups excluding carboxylic acids is 2. The topological polar surface area (TPSA) is 298 Å². The molecule has 1 saturated carbocycles. The first-order chi connectivity index (χ1) is 38.0. The van der Waals surface area contributed by atoms with Gasteiger partial charge in [-0.2, -0.15) is 5.26 Å². The second kappa shape index (κ2) is 24.2. The molecule has 2 bridgehead atoms. The van der Waals surface area contributed by atoms with Crippen LogP contribution in [0.5, 0.6) is 17.5 Å². The number of phosphoric ester groups is 1. The largest absolute Gasteiger partial charge is 0.474 e. The number of rotatable bonds is 21. The first-order valence-electron chi connectivity index (χ1n) is 27.0. The number of nitrogen functional groups attached to an aromatic ring is 1. The van der Waals surface area contributed by atoms with Gasteiger partial charge in [-0.1, -0.05) is 38.1 Å². The summed E-state index contributed by atoms with van der Waals surface area (Å²) < 4.78 is 45.9. The number of aliphatic hydroxyl groups excluding tert-OH is 1. The van der Waals surface area contributed by atoms with Crippen molar-refractivity contribution >= 4 is 36.8 Å². The molecule has 10 rings (SSSR count). The molecule has 6 atom stereocenters. The molecule has 5 fully saturated rings. The summed E-state index contributed by atoms with van der Waals surface area (Å²) in [5.41, 5.74) is 10.7. The van der Waals surface area contributed by atoms with Gasteiger partial charge in [0.25, 0.3) is 5.88 Å². The second-order valence-corrected chi connectivity index (χ2v) is 22.7. The number of nitrogens with two attached hydrogens (primary N) is 1. The van der Waals surface area contributed by atoms with Crippen LogP contribution in [0.15, 0.2) is 83.5 Å². The number of para-hydroxylation sites is 1. The highest BCUT2D eigenvalue weighted by atomic mass is 31.2. The van der Waals surface area contributed by atoms with Crippen LogP contribution < -0.4 is 35.1 Å². The zero-order valence-electron chi connectivity index (χ0n) is 44.5. The van der Waals surface area contributed by atoms with Crippen molar-refractivity contribution in [3.8, 4) is 34.8 Å². The van der Waals surface area contributed by atoms with Crippen LogP contribution in [-0.2, 0) is 23.4 Å². The summed E-state index contributed by atoms with van der Waals surface area (Å²) in [5, 5.41) is 35.5. The fraction of sp³-hybridized carbons (Fsp3) is 0.509. The number of nitrogens with one attached hydrogen (secondary N) is 1. The number of likely N-dealkylation sites (tertiary alicyclic amines) is 2. The minimum Gasteiger partial charge on any atom is -0.474 e. The van der Waals surface area contributed by atoms with Crippen molar-refractivity contribution in [2.24, 2.45) is 5.92 Å². The molecule has 79 heavy (non-hydrogen) atoms. The Morgan fingerprint density at radius 3 is 2.37 bits per heavy atom. The molecule has 2 aromatic carbocycles. The van der Waals surface area contributed by atoms with Gasteiger partial charge in [0.2, 0.25) is 17.7 Å². The number of β-amino-alcohol motifs (C(OH)–C–C–N with tert-alkyl or cyclic N) is 1. The number of hydrogen-bond donors (Lipinski definition) is 5. The highest BCUT2D eigenvalue weighted by Crippen LogP contribution is 2.42. The number of ether oxygens (including phenoxy) is 4. The number of carbonyl (C=O) groups is 2. The van der Waals surface area contributed by atoms with E-state index >= 15 is 0 Å². The lowest BCUT2D eigenvalue weighted by Crippen LogP contribution is -2.54. The maximum absolute atomic E-state index is 14.1. The Morgan fingerprint density at radius 2 is 1.65 bits per heavy atom. The Labute approximate surface area is 458 Å². The molecule has 0 spiro atoms. The first kappa shape index (κ1) is 55.4. The lowest BCUT2D eigenvalue weighted by Gasteiger charge is -2.43. The highest BCUT2D eigenvalue weighted by molar-refractivity contribution is 7.46. The molecule has 23 nitrogen and oxygen atoms in total. The Morgan fingerprint density at radius 1 is 0.899 bits per heavy atom. The third-order valence-electron chi connectivity index (χ3n) is 15.7. The molecule has 1 aliphatic carbocycles. The summed E-state index contributed by atoms with van der Waals surface area (Å²) in [6.45, 7) is 9.23. The monoisotopic (exact) mass is 1110 g/mol. The van der Waals surface area contributed by atoms with Crippen molar-refractivity contribution in [3.63, 3.8) is 0 Å². The van der Waals surface area contributed by atoms with Crippen molar-refractivity contribution in [3.05, 3.63) is 95.9 Å². The van der Waals surface area contributed by atoms with E-state index in [9.17, 15) is 19.3 Å². The van der Waals surface area contributed by atoms with E-state index in [2.05, 4.69) is 50.9 Å². The average Bonchev–Trinajstić information content (AvgIpc) is 4.24. The van der Waals surface area contributed by atoms with Gasteiger partial charge in [0.1, 0.15) is 30.4 Å². The third-order valence-corrected chi connectivity index (χ3v) is 16.1. The number of aromatic nitrogens is 4. The van der Waals surface area contributed by atoms with Gasteiger partial charge < -0.3 is 64.1 Å². The molecule has 0 radical (unpaired) electrons. The van der Waals surface area contributed by atoms with Crippen molar-refractivity contribution in [2.75, 3.05) is 68.2 Å². The number of pyridine rings is 1. The van der Waals surface area contributed by atoms with Crippen LogP contribution in [0, 0.1) is 17.2 Å². The second-order valence-electron chi connectivity index (χ2n) is 21.4. The summed E-state index contributed by atoms with van der Waals surface area (Å²) >= 11 is 0. The summed E-state index contributed by atoms with van der Waals surface area (Å²) in [7, 11) is -4.71. The number of anilines is 3. The van der Waals surface area contributed by atoms with E-state index in [1.807, 2.05) is 51.2 Å². The number of benzene rings is 2. The van der Waals surface area contributed by atoms with Crippen LogP contribution >= 0.6 is 7.82 Å². The molecule has 4 saturated heterocycles. The number of nitrogens with zero attached hydrogens (tertiary/aromatic N) is 9. The van der Waals surface area contributed by atoms with Gasteiger partial charge in [0, 0.05) is 100 Å². The normalized spacial score (nSPS) is 23.2. The van der Waals surface area contributed by atoms with Gasteiger partial charge >= 0.3 is 7.82 Å². The first-order valence-corrected chi connectivity index (χ1v) is 28.6. The van der Waals surface area contributed by atoms with Crippen molar-refractivity contribution in [1.82, 2.24) is 35.5 Å². The van der Waals surface area contributed by atoms with Gasteiger partial charge in [-0.3, -0.25) is 14.5 Å². The maximum atomic E-state index is 14.1. The Hall–Kier alpha value is -6.90. The molecule has 420 valence electrons. The predicted molar refractivity (Wildman–Crippen MR) is 288 cm³/mol. The van der Waals surface area contributed by atoms with E-state index in [0.29, 0.717) is 66.3 Å². The zero-order chi connectivity index (χ0) is 55.4. The van der Waals surface area contributed by atoms with Gasteiger partial charge in [-0.05, 0) is 85.6 Å². The number of nitriles is 1. The van der Waals surface area contributed by atoms with Gasteiger partial charge in [0.15, 0.2) is 18.4 Å². The SMILES string of the molecule is CC(C)[C@@H](C(=O)N1C[C@H](O)C[C@H]1C(=O)N[C@H](C)c1ccc(C#N)cc1)c1cc(OCCN2CCC(OC3CC(Oc4cc(N5C6CCC5CN(c5cc(-c7ccccc7OCOP(=O)(O)O)nnc5N)C6)ccn4)C3)CC2)no1. The summed E-state index contributed by atoms with van der Waals surface area (Å²) in [5.74, 6) is 0.200. The maximum Gasteiger partial charge on any atom is 0.472 e. The van der Waals surface area contributed by atoms with Crippen LogP contribution in [0.3, 0.4) is 0 Å². The fourth-order valence-electron chi connectivity index (χ4n) is 11.5. The van der Waals surface area contributed by atoms with Crippen molar-refractivity contribution < 1.29 is 57.0 Å². The number of phosphoric acid groups is 1. The molecule has 3 aromatic heterocycles. The van der Waals surface area contributed by atoms with E-state index in [1.165, 1.54) is 4.90 Å². The molecule has 2 amide bonds. The third kappa shape index (κ3) is 13.2. The Bertz CT molecular complexity index is 3000. The smallest absolute Gasteiger partial charge is 0.472 e. The quantitative estimate of drug-likeness (QED) is 0.0458. The molecular formula is C55H68N11O12P. The van der Waals surface area contributed by atoms with E-state index in [1.54, 1.807) is 48.5 Å². The van der Waals surface area contributed by atoms with Crippen LogP contribution in [-0.4, -0.2) is 152 Å². The minimum atomic E-state index is -4.71.